The lowest BCUT2D eigenvalue weighted by molar-refractivity contribution is -0.142. The van der Waals surface area contributed by atoms with E-state index < -0.39 is 5.97 Å². The lowest BCUT2D eigenvalue weighted by Crippen LogP contribution is -2.07. The van der Waals surface area contributed by atoms with Crippen molar-refractivity contribution < 1.29 is 9.53 Å². The van der Waals surface area contributed by atoms with Gasteiger partial charge in [-0.15, -0.1) is 0 Å². The van der Waals surface area contributed by atoms with Gasteiger partial charge < -0.3 is 9.58 Å². The summed E-state index contributed by atoms with van der Waals surface area (Å²) < 4.78 is 5.03. The number of allylic oxidation sites excluding steroid dienone is 2. The molecule has 0 fully saturated rings. The van der Waals surface area contributed by atoms with E-state index >= 15 is 0 Å². The van der Waals surface area contributed by atoms with Gasteiger partial charge >= 0.3 is 12.5 Å². The van der Waals surface area contributed by atoms with Crippen molar-refractivity contribution in [2.75, 3.05) is 6.54 Å². The first kappa shape index (κ1) is 14.7. The molecule has 0 bridgehead atoms. The van der Waals surface area contributed by atoms with Crippen LogP contribution in [0.5, 0.6) is 0 Å². The number of rotatable bonds is 5. The normalized spacial score (nSPS) is 9.53. The van der Waals surface area contributed by atoms with Gasteiger partial charge in [-0.25, -0.2) is 11.4 Å². The average molecular weight is 255 g/mol. The Labute approximate surface area is 114 Å². The van der Waals surface area contributed by atoms with Crippen molar-refractivity contribution >= 4 is 17.1 Å². The Bertz CT molecular complexity index is 532. The molecule has 0 N–H and O–H groups in total. The third kappa shape index (κ3) is 4.44. The van der Waals surface area contributed by atoms with Gasteiger partial charge in [-0.05, 0) is 48.7 Å². The van der Waals surface area contributed by atoms with Crippen molar-refractivity contribution in [3.05, 3.63) is 59.5 Å². The SMILES string of the molecule is [C-]#[N+]CC(=O)OCc1cc(C(=C)C)cc(C(=C)C)c1. The van der Waals surface area contributed by atoms with E-state index in [1.165, 1.54) is 0 Å². The van der Waals surface area contributed by atoms with Crippen LogP contribution >= 0.6 is 0 Å². The second-order valence-electron chi connectivity index (χ2n) is 4.46. The van der Waals surface area contributed by atoms with Crippen molar-refractivity contribution in [3.8, 4) is 0 Å². The Morgan fingerprint density at radius 3 is 2.16 bits per heavy atom. The monoisotopic (exact) mass is 255 g/mol. The molecule has 0 saturated carbocycles. The van der Waals surface area contributed by atoms with Gasteiger partial charge in [0.25, 0.3) is 0 Å². The summed E-state index contributed by atoms with van der Waals surface area (Å²) in [5.41, 5.74) is 4.75. The predicted molar refractivity (Wildman–Crippen MR) is 77.1 cm³/mol. The molecule has 0 aliphatic carbocycles. The fraction of sp³-hybridized carbons (Fsp3) is 0.250. The highest BCUT2D eigenvalue weighted by molar-refractivity contribution is 5.73. The number of carbonyl (C=O) groups is 1. The van der Waals surface area contributed by atoms with Crippen LogP contribution < -0.4 is 0 Å². The first-order valence-corrected chi connectivity index (χ1v) is 5.88. The second-order valence-corrected chi connectivity index (χ2v) is 4.46. The minimum atomic E-state index is -0.507. The van der Waals surface area contributed by atoms with Gasteiger partial charge in [0.2, 0.25) is 0 Å². The number of ether oxygens (including phenoxy) is 1. The number of nitrogens with zero attached hydrogens (tertiary/aromatic N) is 1. The summed E-state index contributed by atoms with van der Waals surface area (Å²) in [5, 5.41) is 0. The molecule has 0 spiro atoms. The minimum Gasteiger partial charge on any atom is -0.455 e. The summed E-state index contributed by atoms with van der Waals surface area (Å²) in [6.07, 6.45) is 0. The number of carbonyl (C=O) groups excluding carboxylic acids is 1. The van der Waals surface area contributed by atoms with Gasteiger partial charge in [-0.1, -0.05) is 24.3 Å². The number of benzene rings is 1. The molecular weight excluding hydrogens is 238 g/mol. The molecular formula is C16H17NO2. The fourth-order valence-electron chi connectivity index (χ4n) is 1.54. The van der Waals surface area contributed by atoms with E-state index in [0.717, 1.165) is 27.8 Å². The molecule has 0 saturated heterocycles. The van der Waals surface area contributed by atoms with E-state index in [-0.39, 0.29) is 13.2 Å². The molecule has 0 heterocycles. The maximum atomic E-state index is 11.2. The molecule has 3 nitrogen and oxygen atoms in total. The average Bonchev–Trinajstić information content (AvgIpc) is 2.36. The molecule has 0 aliphatic heterocycles. The summed E-state index contributed by atoms with van der Waals surface area (Å²) in [6.45, 7) is 18.2. The van der Waals surface area contributed by atoms with Crippen LogP contribution in [-0.2, 0) is 16.1 Å². The fourth-order valence-corrected chi connectivity index (χ4v) is 1.54. The van der Waals surface area contributed by atoms with Gasteiger partial charge in [0.05, 0.1) is 0 Å². The zero-order valence-electron chi connectivity index (χ0n) is 11.3. The summed E-state index contributed by atoms with van der Waals surface area (Å²) in [6, 6.07) is 5.87. The molecule has 1 rings (SSSR count). The van der Waals surface area contributed by atoms with Crippen LogP contribution in [0.1, 0.15) is 30.5 Å². The van der Waals surface area contributed by atoms with Crippen molar-refractivity contribution in [3.63, 3.8) is 0 Å². The maximum absolute atomic E-state index is 11.2. The molecule has 0 unspecified atom stereocenters. The Morgan fingerprint density at radius 1 is 1.21 bits per heavy atom. The van der Waals surface area contributed by atoms with E-state index in [1.807, 2.05) is 32.0 Å². The van der Waals surface area contributed by atoms with Crippen LogP contribution in [0.3, 0.4) is 0 Å². The van der Waals surface area contributed by atoms with E-state index in [2.05, 4.69) is 18.0 Å². The van der Waals surface area contributed by atoms with E-state index in [4.69, 9.17) is 11.3 Å². The molecule has 3 heteroatoms. The van der Waals surface area contributed by atoms with Crippen molar-refractivity contribution in [1.82, 2.24) is 0 Å². The zero-order valence-corrected chi connectivity index (χ0v) is 11.3. The van der Waals surface area contributed by atoms with Gasteiger partial charge in [-0.3, -0.25) is 0 Å². The summed E-state index contributed by atoms with van der Waals surface area (Å²) in [7, 11) is 0. The summed E-state index contributed by atoms with van der Waals surface area (Å²) >= 11 is 0. The van der Waals surface area contributed by atoms with Crippen LogP contribution in [-0.4, -0.2) is 12.5 Å². The lowest BCUT2D eigenvalue weighted by Gasteiger charge is -2.09. The smallest absolute Gasteiger partial charge is 0.387 e. The van der Waals surface area contributed by atoms with Gasteiger partial charge in [0.15, 0.2) is 0 Å². The van der Waals surface area contributed by atoms with Gasteiger partial charge in [-0.2, -0.15) is 0 Å². The third-order valence-electron chi connectivity index (χ3n) is 2.59. The zero-order chi connectivity index (χ0) is 14.4. The molecule has 0 amide bonds. The first-order valence-electron chi connectivity index (χ1n) is 5.88. The number of esters is 1. The first-order chi connectivity index (χ1) is 8.93. The van der Waals surface area contributed by atoms with Crippen LogP contribution in [0.15, 0.2) is 31.4 Å². The maximum Gasteiger partial charge on any atom is 0.387 e. The van der Waals surface area contributed by atoms with Crippen molar-refractivity contribution in [2.24, 2.45) is 0 Å². The van der Waals surface area contributed by atoms with Crippen LogP contribution in [0, 0.1) is 6.57 Å². The molecule has 0 aliphatic rings. The second kappa shape index (κ2) is 6.55. The van der Waals surface area contributed by atoms with Crippen LogP contribution in [0.4, 0.5) is 0 Å². The highest BCUT2D eigenvalue weighted by Gasteiger charge is 2.08. The summed E-state index contributed by atoms with van der Waals surface area (Å²) in [4.78, 5) is 14.2. The molecule has 0 radical (unpaired) electrons. The predicted octanol–water partition coefficient (Wildman–Crippen LogP) is 3.72. The quantitative estimate of drug-likeness (QED) is 0.593. The molecule has 19 heavy (non-hydrogen) atoms. The van der Waals surface area contributed by atoms with Crippen LogP contribution in [0.2, 0.25) is 0 Å². The molecule has 1 aromatic carbocycles. The Balaban J connectivity index is 2.94. The highest BCUT2D eigenvalue weighted by Crippen LogP contribution is 2.21. The largest absolute Gasteiger partial charge is 0.455 e. The molecule has 1 aromatic rings. The molecule has 0 atom stereocenters. The van der Waals surface area contributed by atoms with Crippen molar-refractivity contribution in [1.29, 1.82) is 0 Å². The minimum absolute atomic E-state index is 0.162. The Morgan fingerprint density at radius 2 is 1.74 bits per heavy atom. The third-order valence-corrected chi connectivity index (χ3v) is 2.59. The van der Waals surface area contributed by atoms with E-state index in [1.54, 1.807) is 0 Å². The molecule has 98 valence electrons. The topological polar surface area (TPSA) is 30.7 Å². The van der Waals surface area contributed by atoms with E-state index in [0.29, 0.717) is 0 Å². The van der Waals surface area contributed by atoms with Gasteiger partial charge in [0, 0.05) is 0 Å². The summed E-state index contributed by atoms with van der Waals surface area (Å²) in [5.74, 6) is -0.507. The number of hydrogen-bond donors (Lipinski definition) is 0. The lowest BCUT2D eigenvalue weighted by atomic mass is 9.99. The van der Waals surface area contributed by atoms with Gasteiger partial charge in [0.1, 0.15) is 6.61 Å². The highest BCUT2D eigenvalue weighted by atomic mass is 16.5. The van der Waals surface area contributed by atoms with Crippen molar-refractivity contribution in [2.45, 2.75) is 20.5 Å². The van der Waals surface area contributed by atoms with E-state index in [9.17, 15) is 4.79 Å². The van der Waals surface area contributed by atoms with Crippen LogP contribution in [0.25, 0.3) is 16.0 Å². The Hall–Kier alpha value is -2.34. The molecule has 0 aromatic heterocycles. The number of hydrogen-bond acceptors (Lipinski definition) is 2. The Kier molecular flexibility index (Phi) is 5.08. The standard InChI is InChI=1S/C16H17NO2/c1-11(2)14-6-13(7-15(8-14)12(3)4)10-19-16(18)9-17-5/h6-8H,1,3,9-10H2,2,4H3.